The van der Waals surface area contributed by atoms with Crippen LogP contribution in [0.3, 0.4) is 0 Å². The zero-order chi connectivity index (χ0) is 21.2. The molecular weight excluding hydrogens is 357 g/mol. The second kappa shape index (κ2) is 8.45. The first-order chi connectivity index (χ1) is 12.8. The third-order valence-electron chi connectivity index (χ3n) is 5.54. The molecule has 2 saturated heterocycles. The van der Waals surface area contributed by atoms with Gasteiger partial charge in [-0.3, -0.25) is 0 Å². The third-order valence-corrected chi connectivity index (χ3v) is 5.54. The zero-order valence-electron chi connectivity index (χ0n) is 18.4. The fourth-order valence-electron chi connectivity index (χ4n) is 3.22. The molecule has 0 aromatic heterocycles. The van der Waals surface area contributed by atoms with Crippen LogP contribution in [-0.2, 0) is 14.0 Å². The number of carbonyl (C=O) groups excluding carboxylic acids is 1. The molecule has 2 N–H and O–H groups in total. The number of nitrogens with zero attached hydrogens (tertiary/aromatic N) is 1. The highest BCUT2D eigenvalue weighted by Crippen LogP contribution is 2.38. The molecule has 2 rings (SSSR count). The van der Waals surface area contributed by atoms with Crippen molar-refractivity contribution in [3.8, 4) is 0 Å². The predicted octanol–water partition coefficient (Wildman–Crippen LogP) is 3.39. The van der Waals surface area contributed by atoms with Gasteiger partial charge in [0.2, 0.25) is 0 Å². The van der Waals surface area contributed by atoms with Crippen LogP contribution < -0.4 is 5.32 Å². The number of rotatable bonds is 5. The fourth-order valence-corrected chi connectivity index (χ4v) is 3.22. The second-order valence-corrected chi connectivity index (χ2v) is 9.72. The Morgan fingerprint density at radius 3 is 2.43 bits per heavy atom. The highest BCUT2D eigenvalue weighted by atomic mass is 16.7. The van der Waals surface area contributed by atoms with Crippen LogP contribution in [0.2, 0.25) is 0 Å². The number of allylic oxidation sites excluding steroid dienone is 1. The molecule has 158 valence electrons. The lowest BCUT2D eigenvalue weighted by molar-refractivity contribution is 0.00578. The molecule has 2 fully saturated rings. The molecule has 0 saturated carbocycles. The zero-order valence-corrected chi connectivity index (χ0v) is 18.4. The summed E-state index contributed by atoms with van der Waals surface area (Å²) in [5.41, 5.74) is -0.695. The molecule has 0 spiro atoms. The SMILES string of the molecule is CC(C)(C)OC(=O)N1CCCC(CN/C=C(\C=N)B2OC(C)(C)C(C)(C)O2)C1. The number of likely N-dealkylation sites (tertiary alicyclic amines) is 1. The number of piperidine rings is 1. The highest BCUT2D eigenvalue weighted by Gasteiger charge is 2.52. The van der Waals surface area contributed by atoms with Crippen molar-refractivity contribution in [2.45, 2.75) is 78.1 Å². The molecule has 2 aliphatic rings. The van der Waals surface area contributed by atoms with E-state index in [1.165, 1.54) is 6.21 Å². The molecule has 0 aromatic carbocycles. The number of nitrogens with one attached hydrogen (secondary N) is 2. The number of ether oxygens (including phenoxy) is 1. The first-order valence-corrected chi connectivity index (χ1v) is 10.1. The molecule has 0 aromatic rings. The Morgan fingerprint density at radius 2 is 1.89 bits per heavy atom. The van der Waals surface area contributed by atoms with E-state index >= 15 is 0 Å². The maximum Gasteiger partial charge on any atom is 0.497 e. The van der Waals surface area contributed by atoms with E-state index in [0.717, 1.165) is 25.9 Å². The van der Waals surface area contributed by atoms with E-state index in [4.69, 9.17) is 19.5 Å². The van der Waals surface area contributed by atoms with Crippen molar-refractivity contribution in [3.63, 3.8) is 0 Å². The summed E-state index contributed by atoms with van der Waals surface area (Å²) in [6.07, 6.45) is 4.83. The molecule has 2 aliphatic heterocycles. The molecule has 1 unspecified atom stereocenters. The van der Waals surface area contributed by atoms with Crippen molar-refractivity contribution >= 4 is 19.4 Å². The summed E-state index contributed by atoms with van der Waals surface area (Å²) in [6, 6.07) is 0. The van der Waals surface area contributed by atoms with Gasteiger partial charge in [-0.2, -0.15) is 0 Å². The minimum absolute atomic E-state index is 0.245. The number of amides is 1. The van der Waals surface area contributed by atoms with Gasteiger partial charge >= 0.3 is 13.2 Å². The maximum absolute atomic E-state index is 12.3. The first kappa shape index (κ1) is 22.8. The summed E-state index contributed by atoms with van der Waals surface area (Å²) in [6.45, 7) is 15.8. The van der Waals surface area contributed by atoms with Gasteiger partial charge in [-0.1, -0.05) is 0 Å². The van der Waals surface area contributed by atoms with Gasteiger partial charge in [0.15, 0.2) is 0 Å². The Morgan fingerprint density at radius 1 is 1.29 bits per heavy atom. The minimum atomic E-state index is -0.556. The monoisotopic (exact) mass is 393 g/mol. The van der Waals surface area contributed by atoms with E-state index in [0.29, 0.717) is 17.9 Å². The average Bonchev–Trinajstić information content (AvgIpc) is 2.78. The van der Waals surface area contributed by atoms with Crippen LogP contribution in [-0.4, -0.2) is 60.8 Å². The van der Waals surface area contributed by atoms with E-state index in [2.05, 4.69) is 5.32 Å². The maximum atomic E-state index is 12.3. The molecule has 7 nitrogen and oxygen atoms in total. The van der Waals surface area contributed by atoms with Gasteiger partial charge < -0.3 is 29.7 Å². The standard InChI is InChI=1S/C20H36BN3O4/c1-18(2,3)26-17(25)24-10-8-9-15(14-24)12-23-13-16(11-22)21-27-19(4,5)20(6,7)28-21/h11,13,15,22-23H,8-10,12,14H2,1-7H3/b16-13+,22-11?. The Hall–Kier alpha value is -1.54. The van der Waals surface area contributed by atoms with Crippen molar-refractivity contribution in [2.75, 3.05) is 19.6 Å². The van der Waals surface area contributed by atoms with Crippen LogP contribution in [0.5, 0.6) is 0 Å². The minimum Gasteiger partial charge on any atom is -0.444 e. The summed E-state index contributed by atoms with van der Waals surface area (Å²) in [7, 11) is -0.556. The molecule has 0 radical (unpaired) electrons. The van der Waals surface area contributed by atoms with Crippen molar-refractivity contribution in [1.82, 2.24) is 10.2 Å². The molecule has 0 aliphatic carbocycles. The molecule has 8 heteroatoms. The normalized spacial score (nSPS) is 24.8. The summed E-state index contributed by atoms with van der Waals surface area (Å²) >= 11 is 0. The fraction of sp³-hybridized carbons (Fsp3) is 0.800. The van der Waals surface area contributed by atoms with E-state index in [1.807, 2.05) is 48.5 Å². The summed E-state index contributed by atoms with van der Waals surface area (Å²) in [5.74, 6) is 0.336. The lowest BCUT2D eigenvalue weighted by Crippen LogP contribution is -2.44. The topological polar surface area (TPSA) is 83.9 Å². The van der Waals surface area contributed by atoms with Crippen LogP contribution in [0.4, 0.5) is 4.79 Å². The Kier molecular flexibility index (Phi) is 6.87. The van der Waals surface area contributed by atoms with Crippen molar-refractivity contribution in [2.24, 2.45) is 5.92 Å². The van der Waals surface area contributed by atoms with Crippen molar-refractivity contribution in [3.05, 3.63) is 11.7 Å². The molecular formula is C20H36BN3O4. The number of carbonyl (C=O) groups is 1. The average molecular weight is 393 g/mol. The van der Waals surface area contributed by atoms with E-state index < -0.39 is 23.9 Å². The molecule has 28 heavy (non-hydrogen) atoms. The summed E-state index contributed by atoms with van der Waals surface area (Å²) in [4.78, 5) is 14.1. The van der Waals surface area contributed by atoms with Crippen molar-refractivity contribution in [1.29, 1.82) is 5.41 Å². The molecule has 1 amide bonds. The van der Waals surface area contributed by atoms with Crippen LogP contribution in [0.1, 0.15) is 61.3 Å². The molecule has 0 bridgehead atoms. The van der Waals surface area contributed by atoms with E-state index in [1.54, 1.807) is 11.1 Å². The highest BCUT2D eigenvalue weighted by molar-refractivity contribution is 6.60. The van der Waals surface area contributed by atoms with Crippen LogP contribution in [0.25, 0.3) is 0 Å². The quantitative estimate of drug-likeness (QED) is 0.553. The van der Waals surface area contributed by atoms with Crippen molar-refractivity contribution < 1.29 is 18.8 Å². The molecule has 1 atom stereocenters. The van der Waals surface area contributed by atoms with E-state index in [9.17, 15) is 4.79 Å². The molecule has 2 heterocycles. The largest absolute Gasteiger partial charge is 0.497 e. The van der Waals surface area contributed by atoms with Gasteiger partial charge in [0.1, 0.15) is 5.60 Å². The van der Waals surface area contributed by atoms with Gasteiger partial charge in [0.25, 0.3) is 0 Å². The van der Waals surface area contributed by atoms with Crippen LogP contribution in [0, 0.1) is 11.3 Å². The Balaban J connectivity index is 1.89. The summed E-state index contributed by atoms with van der Waals surface area (Å²) < 4.78 is 17.5. The second-order valence-electron chi connectivity index (χ2n) is 9.72. The number of hydrogen-bond acceptors (Lipinski definition) is 6. The van der Waals surface area contributed by atoms with E-state index in [-0.39, 0.29) is 6.09 Å². The van der Waals surface area contributed by atoms with Gasteiger partial charge in [0, 0.05) is 31.3 Å². The van der Waals surface area contributed by atoms with Crippen LogP contribution >= 0.6 is 0 Å². The lowest BCUT2D eigenvalue weighted by Gasteiger charge is -2.34. The van der Waals surface area contributed by atoms with Gasteiger partial charge in [-0.05, 0) is 73.4 Å². The number of hydrogen-bond donors (Lipinski definition) is 2. The lowest BCUT2D eigenvalue weighted by atomic mass is 9.79. The van der Waals surface area contributed by atoms with Crippen LogP contribution in [0.15, 0.2) is 11.7 Å². The third kappa shape index (κ3) is 5.73. The smallest absolute Gasteiger partial charge is 0.444 e. The Labute approximate surface area is 169 Å². The van der Waals surface area contributed by atoms with Gasteiger partial charge in [0.05, 0.1) is 11.2 Å². The Bertz CT molecular complexity index is 597. The predicted molar refractivity (Wildman–Crippen MR) is 111 cm³/mol. The van der Waals surface area contributed by atoms with Gasteiger partial charge in [-0.25, -0.2) is 4.79 Å². The van der Waals surface area contributed by atoms with Gasteiger partial charge in [-0.15, -0.1) is 0 Å². The first-order valence-electron chi connectivity index (χ1n) is 10.1. The summed E-state index contributed by atoms with van der Waals surface area (Å²) in [5, 5.41) is 11.0.